The average Bonchev–Trinajstić information content (AvgIpc) is 2.88. The highest BCUT2D eigenvalue weighted by atomic mass is 19.1. The van der Waals surface area contributed by atoms with Crippen molar-refractivity contribution in [2.75, 3.05) is 18.0 Å². The molecule has 84 valence electrons. The van der Waals surface area contributed by atoms with Gasteiger partial charge in [0.1, 0.15) is 5.82 Å². The number of amides is 1. The quantitative estimate of drug-likeness (QED) is 0.780. The third-order valence-electron chi connectivity index (χ3n) is 3.31. The first-order chi connectivity index (χ1) is 7.75. The van der Waals surface area contributed by atoms with Crippen molar-refractivity contribution in [2.45, 2.75) is 19.4 Å². The van der Waals surface area contributed by atoms with E-state index in [9.17, 15) is 9.18 Å². The number of carbonyl (C=O) groups excluding carboxylic acids is 1. The third kappa shape index (κ3) is 1.37. The highest BCUT2D eigenvalue weighted by Crippen LogP contribution is 2.31. The van der Waals surface area contributed by atoms with Gasteiger partial charge in [-0.1, -0.05) is 0 Å². The Kier molecular flexibility index (Phi) is 2.09. The van der Waals surface area contributed by atoms with Crippen molar-refractivity contribution in [3.8, 4) is 0 Å². The van der Waals surface area contributed by atoms with Crippen LogP contribution in [0.4, 0.5) is 10.1 Å². The molecule has 1 aromatic rings. The number of carbonyl (C=O) groups is 1. The smallest absolute Gasteiger partial charge is 0.252 e. The summed E-state index contributed by atoms with van der Waals surface area (Å²) in [5, 5.41) is 2.74. The molecule has 4 heteroatoms. The van der Waals surface area contributed by atoms with E-state index in [4.69, 9.17) is 0 Å². The minimum Gasteiger partial charge on any atom is -0.371 e. The van der Waals surface area contributed by atoms with Crippen LogP contribution < -0.4 is 10.2 Å². The zero-order valence-electron chi connectivity index (χ0n) is 8.92. The van der Waals surface area contributed by atoms with E-state index in [-0.39, 0.29) is 11.7 Å². The lowest BCUT2D eigenvalue weighted by Crippen LogP contribution is -2.19. The summed E-state index contributed by atoms with van der Waals surface area (Å²) in [7, 11) is 0. The zero-order valence-corrected chi connectivity index (χ0v) is 8.92. The van der Waals surface area contributed by atoms with E-state index in [0.717, 1.165) is 37.2 Å². The maximum atomic E-state index is 13.4. The number of anilines is 1. The molecule has 1 N–H and O–H groups in total. The van der Waals surface area contributed by atoms with E-state index in [0.29, 0.717) is 12.1 Å². The third-order valence-corrected chi connectivity index (χ3v) is 3.31. The first-order valence-electron chi connectivity index (χ1n) is 5.61. The molecule has 0 aliphatic carbocycles. The summed E-state index contributed by atoms with van der Waals surface area (Å²) in [6.45, 7) is 2.45. The molecule has 1 aromatic carbocycles. The molecule has 0 aromatic heterocycles. The molecule has 0 spiro atoms. The van der Waals surface area contributed by atoms with Gasteiger partial charge in [0.15, 0.2) is 0 Å². The van der Waals surface area contributed by atoms with Crippen LogP contribution in [0, 0.1) is 5.82 Å². The normalized spacial score (nSPS) is 18.8. The highest BCUT2D eigenvalue weighted by Gasteiger charge is 2.26. The van der Waals surface area contributed by atoms with Crippen molar-refractivity contribution in [1.82, 2.24) is 5.32 Å². The molecule has 2 aliphatic heterocycles. The second kappa shape index (κ2) is 3.47. The molecule has 2 heterocycles. The van der Waals surface area contributed by atoms with Gasteiger partial charge in [-0.05, 0) is 25.0 Å². The Hall–Kier alpha value is -1.58. The fourth-order valence-electron chi connectivity index (χ4n) is 2.51. The van der Waals surface area contributed by atoms with E-state index in [2.05, 4.69) is 10.2 Å². The SMILES string of the molecule is O=C1NCc2c1cc(F)cc2N1CCCC1. The summed E-state index contributed by atoms with van der Waals surface area (Å²) in [5.41, 5.74) is 2.35. The Morgan fingerprint density at radius 1 is 1.25 bits per heavy atom. The number of benzene rings is 1. The van der Waals surface area contributed by atoms with Crippen molar-refractivity contribution in [1.29, 1.82) is 0 Å². The molecule has 0 saturated carbocycles. The lowest BCUT2D eigenvalue weighted by molar-refractivity contribution is 0.0965. The van der Waals surface area contributed by atoms with Crippen LogP contribution in [0.3, 0.4) is 0 Å². The minimum atomic E-state index is -0.322. The minimum absolute atomic E-state index is 0.157. The van der Waals surface area contributed by atoms with Crippen LogP contribution in [-0.2, 0) is 6.54 Å². The van der Waals surface area contributed by atoms with Gasteiger partial charge in [-0.2, -0.15) is 0 Å². The Morgan fingerprint density at radius 3 is 2.75 bits per heavy atom. The van der Waals surface area contributed by atoms with E-state index >= 15 is 0 Å². The fourth-order valence-corrected chi connectivity index (χ4v) is 2.51. The number of rotatable bonds is 1. The van der Waals surface area contributed by atoms with Crippen LogP contribution in [0.25, 0.3) is 0 Å². The summed E-state index contributed by atoms with van der Waals surface area (Å²) in [4.78, 5) is 13.7. The summed E-state index contributed by atoms with van der Waals surface area (Å²) in [6, 6.07) is 2.88. The number of halogens is 1. The molecule has 0 bridgehead atoms. The largest absolute Gasteiger partial charge is 0.371 e. The molecule has 3 rings (SSSR count). The van der Waals surface area contributed by atoms with Gasteiger partial charge >= 0.3 is 0 Å². The molecule has 1 amide bonds. The molecule has 3 nitrogen and oxygen atoms in total. The number of hydrogen-bond acceptors (Lipinski definition) is 2. The molecule has 2 aliphatic rings. The Morgan fingerprint density at radius 2 is 2.00 bits per heavy atom. The molecular formula is C12H13FN2O. The Balaban J connectivity index is 2.10. The van der Waals surface area contributed by atoms with E-state index in [1.165, 1.54) is 6.07 Å². The van der Waals surface area contributed by atoms with Crippen molar-refractivity contribution in [3.63, 3.8) is 0 Å². The summed E-state index contributed by atoms with van der Waals surface area (Å²) >= 11 is 0. The van der Waals surface area contributed by atoms with Gasteiger partial charge in [-0.3, -0.25) is 4.79 Å². The Labute approximate surface area is 93.2 Å². The van der Waals surface area contributed by atoms with Crippen molar-refractivity contribution in [2.24, 2.45) is 0 Å². The molecule has 1 saturated heterocycles. The van der Waals surface area contributed by atoms with Crippen LogP contribution in [0.15, 0.2) is 12.1 Å². The van der Waals surface area contributed by atoms with Gasteiger partial charge in [0.25, 0.3) is 5.91 Å². The van der Waals surface area contributed by atoms with Gasteiger partial charge < -0.3 is 10.2 Å². The van der Waals surface area contributed by atoms with Crippen LogP contribution in [0.5, 0.6) is 0 Å². The maximum Gasteiger partial charge on any atom is 0.252 e. The van der Waals surface area contributed by atoms with Gasteiger partial charge in [0, 0.05) is 36.4 Å². The van der Waals surface area contributed by atoms with Crippen molar-refractivity contribution >= 4 is 11.6 Å². The first kappa shape index (κ1) is 9.63. The second-order valence-electron chi connectivity index (χ2n) is 4.33. The van der Waals surface area contributed by atoms with Crippen LogP contribution in [0.1, 0.15) is 28.8 Å². The number of fused-ring (bicyclic) bond motifs is 1. The molecule has 0 radical (unpaired) electrons. The summed E-state index contributed by atoms with van der Waals surface area (Å²) in [6.07, 6.45) is 2.29. The lowest BCUT2D eigenvalue weighted by Gasteiger charge is -2.20. The molecular weight excluding hydrogens is 207 g/mol. The van der Waals surface area contributed by atoms with Gasteiger partial charge in [0.05, 0.1) is 0 Å². The highest BCUT2D eigenvalue weighted by molar-refractivity contribution is 6.00. The van der Waals surface area contributed by atoms with Gasteiger partial charge in [0.2, 0.25) is 0 Å². The van der Waals surface area contributed by atoms with Gasteiger partial charge in [-0.25, -0.2) is 4.39 Å². The Bertz CT molecular complexity index is 453. The zero-order chi connectivity index (χ0) is 11.1. The average molecular weight is 220 g/mol. The van der Waals surface area contributed by atoms with Crippen LogP contribution in [-0.4, -0.2) is 19.0 Å². The molecule has 0 unspecified atom stereocenters. The first-order valence-corrected chi connectivity index (χ1v) is 5.61. The number of hydrogen-bond donors (Lipinski definition) is 1. The summed E-state index contributed by atoms with van der Waals surface area (Å²) < 4.78 is 13.4. The van der Waals surface area contributed by atoms with Crippen molar-refractivity contribution < 1.29 is 9.18 Å². The topological polar surface area (TPSA) is 32.3 Å². The van der Waals surface area contributed by atoms with E-state index in [1.54, 1.807) is 6.07 Å². The monoisotopic (exact) mass is 220 g/mol. The maximum absolute atomic E-state index is 13.4. The van der Waals surface area contributed by atoms with Crippen molar-refractivity contribution in [3.05, 3.63) is 29.1 Å². The number of nitrogens with one attached hydrogen (secondary N) is 1. The van der Waals surface area contributed by atoms with E-state index in [1.807, 2.05) is 0 Å². The molecule has 16 heavy (non-hydrogen) atoms. The second-order valence-corrected chi connectivity index (χ2v) is 4.33. The predicted octanol–water partition coefficient (Wildman–Crippen LogP) is 1.67. The standard InChI is InChI=1S/C12H13FN2O/c13-8-5-9-10(7-14-12(9)16)11(6-8)15-3-1-2-4-15/h5-6H,1-4,7H2,(H,14,16). The molecule has 0 atom stereocenters. The number of nitrogens with zero attached hydrogens (tertiary/aromatic N) is 1. The van der Waals surface area contributed by atoms with E-state index < -0.39 is 0 Å². The lowest BCUT2D eigenvalue weighted by atomic mass is 10.1. The predicted molar refractivity (Wildman–Crippen MR) is 59.0 cm³/mol. The fraction of sp³-hybridized carbons (Fsp3) is 0.417. The summed E-state index contributed by atoms with van der Waals surface area (Å²) in [5.74, 6) is -0.479. The van der Waals surface area contributed by atoms with Crippen LogP contribution >= 0.6 is 0 Å². The van der Waals surface area contributed by atoms with Crippen LogP contribution in [0.2, 0.25) is 0 Å². The molecule has 1 fully saturated rings. The van der Waals surface area contributed by atoms with Gasteiger partial charge in [-0.15, -0.1) is 0 Å².